The van der Waals surface area contributed by atoms with Crippen LogP contribution in [0.2, 0.25) is 0 Å². The van der Waals surface area contributed by atoms with Crippen molar-refractivity contribution in [3.63, 3.8) is 0 Å². The Labute approximate surface area is 129 Å². The standard InChI is InChI=1S/C14H30O2.H2O4S/c1-3-5-6-7-8-9-10-11-12-13-14-16-15-4-2;1-5(2,3)4/h3-14H2,1-2H3;(H2,1,2,3,4). The summed E-state index contributed by atoms with van der Waals surface area (Å²) in [5, 5.41) is 0. The molecule has 0 spiro atoms. The van der Waals surface area contributed by atoms with E-state index in [-0.39, 0.29) is 0 Å². The van der Waals surface area contributed by atoms with E-state index >= 15 is 0 Å². The molecule has 0 aromatic heterocycles. The van der Waals surface area contributed by atoms with Crippen LogP contribution in [0.15, 0.2) is 0 Å². The first kappa shape index (κ1) is 23.1. The monoisotopic (exact) mass is 328 g/mol. The van der Waals surface area contributed by atoms with Crippen molar-refractivity contribution in [2.75, 3.05) is 13.2 Å². The van der Waals surface area contributed by atoms with Gasteiger partial charge >= 0.3 is 10.4 Å². The van der Waals surface area contributed by atoms with Gasteiger partial charge in [0, 0.05) is 0 Å². The van der Waals surface area contributed by atoms with Gasteiger partial charge in [-0.3, -0.25) is 9.11 Å². The maximum Gasteiger partial charge on any atom is 0.394 e. The lowest BCUT2D eigenvalue weighted by Gasteiger charge is -2.02. The topological polar surface area (TPSA) is 93.1 Å². The minimum Gasteiger partial charge on any atom is -0.264 e. The van der Waals surface area contributed by atoms with Gasteiger partial charge in [0.05, 0.1) is 13.2 Å². The zero-order valence-corrected chi connectivity index (χ0v) is 14.2. The highest BCUT2D eigenvalue weighted by atomic mass is 32.3. The molecule has 0 unspecified atom stereocenters. The molecule has 6 nitrogen and oxygen atoms in total. The minimum atomic E-state index is -4.67. The van der Waals surface area contributed by atoms with Crippen LogP contribution < -0.4 is 0 Å². The molecule has 0 aromatic carbocycles. The van der Waals surface area contributed by atoms with Gasteiger partial charge in [0.15, 0.2) is 0 Å². The molecule has 0 heterocycles. The van der Waals surface area contributed by atoms with E-state index in [9.17, 15) is 0 Å². The van der Waals surface area contributed by atoms with Crippen molar-refractivity contribution >= 4 is 10.4 Å². The summed E-state index contributed by atoms with van der Waals surface area (Å²) in [4.78, 5) is 9.77. The fourth-order valence-corrected chi connectivity index (χ4v) is 1.79. The molecule has 0 aromatic rings. The molecule has 0 saturated carbocycles. The van der Waals surface area contributed by atoms with Crippen molar-refractivity contribution in [3.05, 3.63) is 0 Å². The van der Waals surface area contributed by atoms with Gasteiger partial charge in [-0.25, -0.2) is 9.78 Å². The quantitative estimate of drug-likeness (QED) is 0.227. The first-order valence-electron chi connectivity index (χ1n) is 7.86. The molecular weight excluding hydrogens is 296 g/mol. The van der Waals surface area contributed by atoms with Gasteiger partial charge in [0.2, 0.25) is 0 Å². The van der Waals surface area contributed by atoms with Crippen LogP contribution in [0.3, 0.4) is 0 Å². The van der Waals surface area contributed by atoms with E-state index in [1.807, 2.05) is 6.92 Å². The van der Waals surface area contributed by atoms with E-state index in [1.165, 1.54) is 57.8 Å². The molecule has 0 aliphatic carbocycles. The zero-order valence-electron chi connectivity index (χ0n) is 13.4. The van der Waals surface area contributed by atoms with E-state index in [0.717, 1.165) is 13.0 Å². The Morgan fingerprint density at radius 2 is 1.10 bits per heavy atom. The molecule has 0 atom stereocenters. The number of unbranched alkanes of at least 4 members (excludes halogenated alkanes) is 9. The second-order valence-electron chi connectivity index (χ2n) is 4.86. The van der Waals surface area contributed by atoms with Crippen molar-refractivity contribution in [3.8, 4) is 0 Å². The van der Waals surface area contributed by atoms with E-state index < -0.39 is 10.4 Å². The SMILES string of the molecule is CCCCCCCCCCCCOOCC.O=S(=O)(O)O. The number of hydrogen-bond acceptors (Lipinski definition) is 4. The Balaban J connectivity index is 0. The Kier molecular flexibility index (Phi) is 19.6. The molecule has 7 heteroatoms. The van der Waals surface area contributed by atoms with Crippen LogP contribution >= 0.6 is 0 Å². The molecular formula is C14H32O6S. The van der Waals surface area contributed by atoms with E-state index in [1.54, 1.807) is 0 Å². The molecule has 0 aliphatic heterocycles. The highest BCUT2D eigenvalue weighted by molar-refractivity contribution is 7.79. The van der Waals surface area contributed by atoms with Crippen molar-refractivity contribution in [2.45, 2.75) is 78.1 Å². The van der Waals surface area contributed by atoms with Crippen LogP contribution in [0, 0.1) is 0 Å². The van der Waals surface area contributed by atoms with Crippen LogP contribution in [-0.4, -0.2) is 30.7 Å². The van der Waals surface area contributed by atoms with E-state index in [0.29, 0.717) is 6.61 Å². The highest BCUT2D eigenvalue weighted by Gasteiger charge is 1.93. The lowest BCUT2D eigenvalue weighted by Crippen LogP contribution is -1.95. The summed E-state index contributed by atoms with van der Waals surface area (Å²) in [7, 11) is -4.67. The summed E-state index contributed by atoms with van der Waals surface area (Å²) < 4.78 is 31.6. The number of rotatable bonds is 13. The summed E-state index contributed by atoms with van der Waals surface area (Å²) in [5.41, 5.74) is 0. The van der Waals surface area contributed by atoms with E-state index in [2.05, 4.69) is 6.92 Å². The normalized spacial score (nSPS) is 11.0. The number of hydrogen-bond donors (Lipinski definition) is 2. The molecule has 0 fully saturated rings. The van der Waals surface area contributed by atoms with Crippen LogP contribution in [0.4, 0.5) is 0 Å². The van der Waals surface area contributed by atoms with Gasteiger partial charge in [-0.2, -0.15) is 8.42 Å². The summed E-state index contributed by atoms with van der Waals surface area (Å²) >= 11 is 0. The smallest absolute Gasteiger partial charge is 0.264 e. The van der Waals surface area contributed by atoms with Crippen molar-refractivity contribution in [1.29, 1.82) is 0 Å². The maximum absolute atomic E-state index is 8.74. The first-order valence-corrected chi connectivity index (χ1v) is 9.25. The second-order valence-corrected chi connectivity index (χ2v) is 5.75. The third-order valence-corrected chi connectivity index (χ3v) is 2.78. The summed E-state index contributed by atoms with van der Waals surface area (Å²) in [6.07, 6.45) is 13.6. The molecule has 21 heavy (non-hydrogen) atoms. The zero-order chi connectivity index (χ0) is 16.4. The lowest BCUT2D eigenvalue weighted by molar-refractivity contribution is -0.291. The predicted octanol–water partition coefficient (Wildman–Crippen LogP) is 4.22. The van der Waals surface area contributed by atoms with Gasteiger partial charge in [-0.1, -0.05) is 64.7 Å². The summed E-state index contributed by atoms with van der Waals surface area (Å²) in [6.45, 7) is 5.62. The Bertz CT molecular complexity index is 257. The molecule has 130 valence electrons. The minimum absolute atomic E-state index is 0.651. The van der Waals surface area contributed by atoms with Gasteiger partial charge in [-0.15, -0.1) is 0 Å². The van der Waals surface area contributed by atoms with Crippen LogP contribution in [0.25, 0.3) is 0 Å². The van der Waals surface area contributed by atoms with Gasteiger partial charge in [-0.05, 0) is 13.3 Å². The lowest BCUT2D eigenvalue weighted by atomic mass is 10.1. The fourth-order valence-electron chi connectivity index (χ4n) is 1.79. The van der Waals surface area contributed by atoms with Gasteiger partial charge in [0.25, 0.3) is 0 Å². The molecule has 0 amide bonds. The Hall–Kier alpha value is -0.210. The van der Waals surface area contributed by atoms with Crippen molar-refractivity contribution < 1.29 is 27.3 Å². The molecule has 0 saturated heterocycles. The van der Waals surface area contributed by atoms with Crippen LogP contribution in [0.5, 0.6) is 0 Å². The second kappa shape index (κ2) is 17.8. The molecule has 0 radical (unpaired) electrons. The average Bonchev–Trinajstić information content (AvgIpc) is 2.38. The van der Waals surface area contributed by atoms with Gasteiger partial charge < -0.3 is 0 Å². The Morgan fingerprint density at radius 1 is 0.714 bits per heavy atom. The van der Waals surface area contributed by atoms with Crippen LogP contribution in [-0.2, 0) is 20.2 Å². The van der Waals surface area contributed by atoms with Crippen molar-refractivity contribution in [2.24, 2.45) is 0 Å². The molecule has 0 bridgehead atoms. The van der Waals surface area contributed by atoms with E-state index in [4.69, 9.17) is 27.3 Å². The summed E-state index contributed by atoms with van der Waals surface area (Å²) in [6, 6.07) is 0. The van der Waals surface area contributed by atoms with Gasteiger partial charge in [0.1, 0.15) is 0 Å². The summed E-state index contributed by atoms with van der Waals surface area (Å²) in [5.74, 6) is 0. The predicted molar refractivity (Wildman–Crippen MR) is 83.6 cm³/mol. The maximum atomic E-state index is 8.74. The molecule has 0 aliphatic rings. The third kappa shape index (κ3) is 38.3. The van der Waals surface area contributed by atoms with Crippen LogP contribution in [0.1, 0.15) is 78.1 Å². The Morgan fingerprint density at radius 3 is 1.48 bits per heavy atom. The fraction of sp³-hybridized carbons (Fsp3) is 1.00. The largest absolute Gasteiger partial charge is 0.394 e. The highest BCUT2D eigenvalue weighted by Crippen LogP contribution is 2.10. The third-order valence-electron chi connectivity index (χ3n) is 2.78. The molecule has 2 N–H and O–H groups in total. The molecule has 0 rings (SSSR count). The van der Waals surface area contributed by atoms with Crippen molar-refractivity contribution in [1.82, 2.24) is 0 Å². The average molecular weight is 328 g/mol. The first-order chi connectivity index (χ1) is 9.91.